The molecule has 0 spiro atoms. The van der Waals surface area contributed by atoms with Crippen molar-refractivity contribution in [3.05, 3.63) is 59.7 Å². The van der Waals surface area contributed by atoms with Gasteiger partial charge in [-0.25, -0.2) is 17.9 Å². The first kappa shape index (κ1) is 22.5. The van der Waals surface area contributed by atoms with Gasteiger partial charge in [0.15, 0.2) is 0 Å². The van der Waals surface area contributed by atoms with Crippen LogP contribution in [0.2, 0.25) is 0 Å². The number of esters is 1. The Labute approximate surface area is 188 Å². The highest BCUT2D eigenvalue weighted by Gasteiger charge is 2.42. The Morgan fingerprint density at radius 2 is 1.62 bits per heavy atom. The minimum Gasteiger partial charge on any atom is -0.465 e. The molecule has 170 valence electrons. The molecule has 7 nitrogen and oxygen atoms in total. The number of benzene rings is 2. The van der Waals surface area contributed by atoms with Crippen LogP contribution in [-0.4, -0.2) is 33.4 Å². The Hall–Kier alpha value is -2.71. The molecule has 8 heteroatoms. The van der Waals surface area contributed by atoms with Crippen LogP contribution in [0.25, 0.3) is 0 Å². The maximum atomic E-state index is 12.8. The summed E-state index contributed by atoms with van der Waals surface area (Å²) in [6, 6.07) is 12.1. The van der Waals surface area contributed by atoms with E-state index in [1.807, 2.05) is 6.92 Å². The third-order valence-corrected chi connectivity index (χ3v) is 8.34. The molecule has 0 unspecified atom stereocenters. The number of amides is 1. The van der Waals surface area contributed by atoms with E-state index in [4.69, 9.17) is 0 Å². The van der Waals surface area contributed by atoms with Crippen LogP contribution in [0.3, 0.4) is 0 Å². The summed E-state index contributed by atoms with van der Waals surface area (Å²) in [7, 11) is -2.34. The Balaban J connectivity index is 1.37. The Morgan fingerprint density at radius 1 is 0.969 bits per heavy atom. The second-order valence-corrected chi connectivity index (χ2v) is 10.5. The summed E-state index contributed by atoms with van der Waals surface area (Å²) < 4.78 is 33.2. The van der Waals surface area contributed by atoms with Crippen LogP contribution in [0.15, 0.2) is 53.4 Å². The first-order chi connectivity index (χ1) is 15.3. The molecule has 2 aromatic carbocycles. The lowest BCUT2D eigenvalue weighted by Gasteiger charge is -2.28. The number of methoxy groups -OCH3 is 1. The number of ether oxygens (including phenoxy) is 1. The molecule has 2 fully saturated rings. The Morgan fingerprint density at radius 3 is 2.19 bits per heavy atom. The van der Waals surface area contributed by atoms with E-state index in [-0.39, 0.29) is 16.8 Å². The fourth-order valence-corrected chi connectivity index (χ4v) is 6.40. The number of hydrogen-bond donors (Lipinski definition) is 2. The van der Waals surface area contributed by atoms with Gasteiger partial charge in [0.05, 0.1) is 17.6 Å². The lowest BCUT2D eigenvalue weighted by molar-refractivity contribution is 0.0600. The lowest BCUT2D eigenvalue weighted by atomic mass is 9.84. The minimum atomic E-state index is -3.63. The third kappa shape index (κ3) is 4.71. The molecule has 2 saturated carbocycles. The number of carbonyl (C=O) groups is 2. The van der Waals surface area contributed by atoms with E-state index in [2.05, 4.69) is 14.8 Å². The molecule has 1 amide bonds. The topological polar surface area (TPSA) is 102 Å². The van der Waals surface area contributed by atoms with Crippen molar-refractivity contribution in [1.29, 1.82) is 0 Å². The van der Waals surface area contributed by atoms with Gasteiger partial charge in [0.1, 0.15) is 0 Å². The summed E-state index contributed by atoms with van der Waals surface area (Å²) in [5.41, 5.74) is 1.20. The molecule has 0 saturated heterocycles. The van der Waals surface area contributed by atoms with E-state index in [1.165, 1.54) is 62.8 Å². The zero-order chi connectivity index (χ0) is 22.9. The van der Waals surface area contributed by atoms with Crippen molar-refractivity contribution in [2.75, 3.05) is 12.4 Å². The fraction of sp³-hybridized carbons (Fsp3) is 0.417. The number of fused-ring (bicyclic) bond motifs is 2. The number of nitrogens with one attached hydrogen (secondary N) is 2. The van der Waals surface area contributed by atoms with Crippen LogP contribution in [0.4, 0.5) is 5.69 Å². The second kappa shape index (κ2) is 9.03. The molecule has 32 heavy (non-hydrogen) atoms. The van der Waals surface area contributed by atoms with Gasteiger partial charge in [-0.1, -0.05) is 6.42 Å². The van der Waals surface area contributed by atoms with Crippen molar-refractivity contribution in [3.63, 3.8) is 0 Å². The predicted octanol–water partition coefficient (Wildman–Crippen LogP) is 3.83. The van der Waals surface area contributed by atoms with Gasteiger partial charge < -0.3 is 10.1 Å². The fourth-order valence-electron chi connectivity index (χ4n) is 5.10. The van der Waals surface area contributed by atoms with Gasteiger partial charge in [0, 0.05) is 17.3 Å². The average Bonchev–Trinajstić information content (AvgIpc) is 3.43. The summed E-state index contributed by atoms with van der Waals surface area (Å²) in [5, 5.41) is 2.73. The van der Waals surface area contributed by atoms with Gasteiger partial charge in [-0.2, -0.15) is 0 Å². The van der Waals surface area contributed by atoms with Gasteiger partial charge in [-0.05, 0) is 92.5 Å². The van der Waals surface area contributed by atoms with Crippen LogP contribution in [0.5, 0.6) is 0 Å². The Kier molecular flexibility index (Phi) is 6.35. The molecular weight excluding hydrogens is 428 g/mol. The largest absolute Gasteiger partial charge is 0.465 e. The minimum absolute atomic E-state index is 0.0948. The summed E-state index contributed by atoms with van der Waals surface area (Å²) in [4.78, 5) is 24.1. The highest BCUT2D eigenvalue weighted by molar-refractivity contribution is 7.89. The molecule has 2 N–H and O–H groups in total. The van der Waals surface area contributed by atoms with E-state index in [0.717, 1.165) is 12.3 Å². The summed E-state index contributed by atoms with van der Waals surface area (Å²) in [6.45, 7) is 1.96. The molecule has 4 rings (SSSR count). The molecule has 2 aliphatic carbocycles. The molecule has 0 heterocycles. The van der Waals surface area contributed by atoms with E-state index in [9.17, 15) is 18.0 Å². The van der Waals surface area contributed by atoms with Crippen LogP contribution < -0.4 is 10.0 Å². The maximum absolute atomic E-state index is 12.8. The maximum Gasteiger partial charge on any atom is 0.337 e. The van der Waals surface area contributed by atoms with Crippen molar-refractivity contribution in [1.82, 2.24) is 4.72 Å². The van der Waals surface area contributed by atoms with Crippen molar-refractivity contribution in [3.8, 4) is 0 Å². The first-order valence-electron chi connectivity index (χ1n) is 10.9. The smallest absolute Gasteiger partial charge is 0.337 e. The number of sulfonamides is 1. The molecule has 2 aliphatic rings. The highest BCUT2D eigenvalue weighted by atomic mass is 32.2. The molecular formula is C24H28N2O5S. The third-order valence-electron chi connectivity index (χ3n) is 6.77. The second-order valence-electron chi connectivity index (χ2n) is 8.80. The summed E-state index contributed by atoms with van der Waals surface area (Å²) in [6.07, 6.45) is 4.83. The van der Waals surface area contributed by atoms with Gasteiger partial charge in [0.2, 0.25) is 10.0 Å². The predicted molar refractivity (Wildman–Crippen MR) is 121 cm³/mol. The van der Waals surface area contributed by atoms with Crippen molar-refractivity contribution in [2.24, 2.45) is 17.8 Å². The van der Waals surface area contributed by atoms with Gasteiger partial charge in [0.25, 0.3) is 5.91 Å². The normalized spacial score (nSPS) is 23.0. The molecule has 2 aromatic rings. The zero-order valence-corrected chi connectivity index (χ0v) is 19.0. The van der Waals surface area contributed by atoms with Crippen molar-refractivity contribution < 1.29 is 22.7 Å². The summed E-state index contributed by atoms with van der Waals surface area (Å²) in [5.74, 6) is 0.971. The SMILES string of the molecule is COC(=O)c1ccc(C(=O)Nc2ccc(S(=O)(=O)N[C@H](C)[C@H]3C[C@H]4CC[C@H]3C4)cc2)cc1. The van der Waals surface area contributed by atoms with Crippen LogP contribution >= 0.6 is 0 Å². The van der Waals surface area contributed by atoms with E-state index in [1.54, 1.807) is 12.1 Å². The average molecular weight is 457 g/mol. The lowest BCUT2D eigenvalue weighted by Crippen LogP contribution is -2.40. The van der Waals surface area contributed by atoms with Gasteiger partial charge in [-0.3, -0.25) is 4.79 Å². The number of hydrogen-bond acceptors (Lipinski definition) is 5. The van der Waals surface area contributed by atoms with Crippen LogP contribution in [0.1, 0.15) is 53.3 Å². The zero-order valence-electron chi connectivity index (χ0n) is 18.2. The molecule has 4 atom stereocenters. The van der Waals surface area contributed by atoms with E-state index in [0.29, 0.717) is 28.7 Å². The summed E-state index contributed by atoms with van der Waals surface area (Å²) >= 11 is 0. The van der Waals surface area contributed by atoms with Crippen LogP contribution in [0, 0.1) is 17.8 Å². The standard InChI is InChI=1S/C24H28N2O5S/c1-15(22-14-16-3-4-19(22)13-16)26-32(29,30)21-11-9-20(10-12-21)25-23(27)17-5-7-18(8-6-17)24(28)31-2/h5-12,15-16,19,22,26H,3-4,13-14H2,1-2H3,(H,25,27)/t15-,16+,19+,22-/m1/s1. The van der Waals surface area contributed by atoms with Crippen LogP contribution in [-0.2, 0) is 14.8 Å². The van der Waals surface area contributed by atoms with Crippen molar-refractivity contribution >= 4 is 27.6 Å². The van der Waals surface area contributed by atoms with E-state index < -0.39 is 16.0 Å². The first-order valence-corrected chi connectivity index (χ1v) is 12.4. The number of anilines is 1. The van der Waals surface area contributed by atoms with Gasteiger partial charge in [-0.15, -0.1) is 0 Å². The molecule has 0 aliphatic heterocycles. The Bertz CT molecular complexity index is 1100. The van der Waals surface area contributed by atoms with E-state index >= 15 is 0 Å². The van der Waals surface area contributed by atoms with Crippen molar-refractivity contribution in [2.45, 2.75) is 43.5 Å². The molecule has 2 bridgehead atoms. The number of rotatable bonds is 7. The molecule has 0 aromatic heterocycles. The quantitative estimate of drug-likeness (QED) is 0.617. The number of carbonyl (C=O) groups excluding carboxylic acids is 2. The molecule has 0 radical (unpaired) electrons. The monoisotopic (exact) mass is 456 g/mol. The highest BCUT2D eigenvalue weighted by Crippen LogP contribution is 2.49. The van der Waals surface area contributed by atoms with Gasteiger partial charge >= 0.3 is 5.97 Å².